The van der Waals surface area contributed by atoms with Gasteiger partial charge in [-0.1, -0.05) is 49.4 Å². The summed E-state index contributed by atoms with van der Waals surface area (Å²) in [6, 6.07) is 14.4. The van der Waals surface area contributed by atoms with Crippen molar-refractivity contribution in [3.63, 3.8) is 0 Å². The van der Waals surface area contributed by atoms with Crippen LogP contribution < -0.4 is 16.2 Å². The molecule has 0 aliphatic carbocycles. The predicted molar refractivity (Wildman–Crippen MR) is 124 cm³/mol. The van der Waals surface area contributed by atoms with Crippen LogP contribution in [0.4, 0.5) is 4.79 Å². The molecule has 1 heterocycles. The number of rotatable bonds is 8. The summed E-state index contributed by atoms with van der Waals surface area (Å²) >= 11 is 1.12. The molecular weight excluding hydrogens is 412 g/mol. The number of carbonyl (C=O) groups excluding carboxylic acids is 2. The lowest BCUT2D eigenvalue weighted by Gasteiger charge is -2.14. The molecule has 0 aliphatic rings. The van der Waals surface area contributed by atoms with E-state index in [1.54, 1.807) is 25.1 Å². The first-order valence-electron chi connectivity index (χ1n) is 10.3. The van der Waals surface area contributed by atoms with Gasteiger partial charge in [0.15, 0.2) is 5.16 Å². The lowest BCUT2D eigenvalue weighted by atomic mass is 10.1. The lowest BCUT2D eigenvalue weighted by molar-refractivity contribution is -0.117. The van der Waals surface area contributed by atoms with Crippen LogP contribution in [0.15, 0.2) is 58.5 Å². The Labute approximate surface area is 185 Å². The summed E-state index contributed by atoms with van der Waals surface area (Å²) < 4.78 is 1.52. The minimum absolute atomic E-state index is 0.0451. The first-order chi connectivity index (χ1) is 15.0. The van der Waals surface area contributed by atoms with Crippen LogP contribution >= 0.6 is 11.8 Å². The molecule has 8 heteroatoms. The number of nitrogens with one attached hydrogen (secondary N) is 2. The second-order valence-electron chi connectivity index (χ2n) is 7.02. The van der Waals surface area contributed by atoms with Crippen LogP contribution in [-0.2, 0) is 11.2 Å². The zero-order chi connectivity index (χ0) is 22.2. The highest BCUT2D eigenvalue weighted by molar-refractivity contribution is 7.99. The van der Waals surface area contributed by atoms with Crippen molar-refractivity contribution in [3.05, 3.63) is 64.4 Å². The van der Waals surface area contributed by atoms with Crippen molar-refractivity contribution in [2.24, 2.45) is 0 Å². The summed E-state index contributed by atoms with van der Waals surface area (Å²) in [4.78, 5) is 41.6. The molecule has 0 fully saturated rings. The molecule has 0 atom stereocenters. The van der Waals surface area contributed by atoms with Gasteiger partial charge in [-0.3, -0.25) is 19.5 Å². The minimum atomic E-state index is -0.542. The van der Waals surface area contributed by atoms with E-state index < -0.39 is 11.9 Å². The van der Waals surface area contributed by atoms with E-state index >= 15 is 0 Å². The molecule has 0 saturated heterocycles. The average Bonchev–Trinajstić information content (AvgIpc) is 2.77. The number of hydrogen-bond donors (Lipinski definition) is 2. The smallest absolute Gasteiger partial charge is 0.321 e. The molecule has 0 spiro atoms. The second-order valence-corrected chi connectivity index (χ2v) is 7.96. The molecule has 2 N–H and O–H groups in total. The Kier molecular flexibility index (Phi) is 7.83. The topological polar surface area (TPSA) is 93.1 Å². The van der Waals surface area contributed by atoms with Crippen LogP contribution in [0.25, 0.3) is 16.6 Å². The number of urea groups is 1. The summed E-state index contributed by atoms with van der Waals surface area (Å²) in [5.74, 6) is -0.504. The van der Waals surface area contributed by atoms with Gasteiger partial charge in [-0.2, -0.15) is 0 Å². The number of thioether (sulfide) groups is 1. The molecule has 2 aromatic carbocycles. The molecule has 0 aliphatic heterocycles. The van der Waals surface area contributed by atoms with Crippen molar-refractivity contribution < 1.29 is 9.59 Å². The van der Waals surface area contributed by atoms with E-state index in [4.69, 9.17) is 0 Å². The van der Waals surface area contributed by atoms with Gasteiger partial charge in [0.25, 0.3) is 5.56 Å². The SMILES string of the molecule is CCCCc1ccc(-n2c(SCC(=O)NC(=O)NCC)nc3ccccc3c2=O)cc1. The minimum Gasteiger partial charge on any atom is -0.338 e. The molecule has 3 rings (SSSR count). The number of carbonyl (C=O) groups is 2. The fourth-order valence-electron chi connectivity index (χ4n) is 3.13. The number of hydrogen-bond acceptors (Lipinski definition) is 5. The third-order valence-electron chi connectivity index (χ3n) is 4.68. The van der Waals surface area contributed by atoms with Crippen molar-refractivity contribution >= 4 is 34.6 Å². The monoisotopic (exact) mass is 438 g/mol. The summed E-state index contributed by atoms with van der Waals surface area (Å²) in [7, 11) is 0. The summed E-state index contributed by atoms with van der Waals surface area (Å²) in [6.45, 7) is 4.34. The van der Waals surface area contributed by atoms with E-state index in [2.05, 4.69) is 22.5 Å². The van der Waals surface area contributed by atoms with Gasteiger partial charge < -0.3 is 5.32 Å². The van der Waals surface area contributed by atoms with Crippen LogP contribution in [0.3, 0.4) is 0 Å². The zero-order valence-electron chi connectivity index (χ0n) is 17.7. The molecule has 31 heavy (non-hydrogen) atoms. The van der Waals surface area contributed by atoms with Crippen molar-refractivity contribution in [3.8, 4) is 5.69 Å². The highest BCUT2D eigenvalue weighted by atomic mass is 32.2. The number of aromatic nitrogens is 2. The summed E-state index contributed by atoms with van der Waals surface area (Å²) in [5, 5.41) is 5.69. The van der Waals surface area contributed by atoms with Crippen LogP contribution in [-0.4, -0.2) is 33.8 Å². The maximum atomic E-state index is 13.3. The molecule has 3 aromatic rings. The van der Waals surface area contributed by atoms with Gasteiger partial charge in [-0.25, -0.2) is 9.78 Å². The standard InChI is InChI=1S/C23H26N4O3S/c1-3-5-8-16-11-13-17(14-12-16)27-21(29)18-9-6-7-10-19(18)25-23(27)31-15-20(28)26-22(30)24-4-2/h6-7,9-14H,3-5,8,15H2,1-2H3,(H2,24,26,28,30). The number of amides is 3. The van der Waals surface area contributed by atoms with E-state index in [-0.39, 0.29) is 11.3 Å². The fraction of sp³-hybridized carbons (Fsp3) is 0.304. The molecule has 0 unspecified atom stereocenters. The van der Waals surface area contributed by atoms with Crippen LogP contribution in [0.2, 0.25) is 0 Å². The third kappa shape index (κ3) is 5.73. The Morgan fingerprint density at radius 2 is 1.81 bits per heavy atom. The molecule has 0 saturated carbocycles. The maximum absolute atomic E-state index is 13.3. The van der Waals surface area contributed by atoms with E-state index in [9.17, 15) is 14.4 Å². The summed E-state index contributed by atoms with van der Waals surface area (Å²) in [6.07, 6.45) is 3.22. The number of aryl methyl sites for hydroxylation is 1. The number of unbranched alkanes of at least 4 members (excludes halogenated alkanes) is 1. The van der Waals surface area contributed by atoms with Crippen LogP contribution in [0.1, 0.15) is 32.3 Å². The van der Waals surface area contributed by atoms with Gasteiger partial charge in [0, 0.05) is 6.54 Å². The normalized spacial score (nSPS) is 10.8. The first-order valence-corrected chi connectivity index (χ1v) is 11.3. The van der Waals surface area contributed by atoms with Crippen LogP contribution in [0.5, 0.6) is 0 Å². The molecule has 0 radical (unpaired) electrons. The van der Waals surface area contributed by atoms with Gasteiger partial charge in [-0.05, 0) is 49.6 Å². The summed E-state index contributed by atoms with van der Waals surface area (Å²) in [5.41, 5.74) is 2.27. The van der Waals surface area contributed by atoms with Gasteiger partial charge in [0.2, 0.25) is 5.91 Å². The Bertz CT molecular complexity index is 1130. The van der Waals surface area contributed by atoms with E-state index in [1.807, 2.05) is 30.3 Å². The molecule has 1 aromatic heterocycles. The highest BCUT2D eigenvalue weighted by Crippen LogP contribution is 2.22. The number of fused-ring (bicyclic) bond motifs is 1. The van der Waals surface area contributed by atoms with Crippen molar-refractivity contribution in [2.45, 2.75) is 38.3 Å². The van der Waals surface area contributed by atoms with Gasteiger partial charge in [0.05, 0.1) is 22.3 Å². The first kappa shape index (κ1) is 22.6. The molecular formula is C23H26N4O3S. The third-order valence-corrected chi connectivity index (χ3v) is 5.62. The number of imide groups is 1. The van der Waals surface area contributed by atoms with Crippen molar-refractivity contribution in [1.82, 2.24) is 20.2 Å². The molecule has 0 bridgehead atoms. The largest absolute Gasteiger partial charge is 0.338 e. The lowest BCUT2D eigenvalue weighted by Crippen LogP contribution is -2.40. The van der Waals surface area contributed by atoms with Gasteiger partial charge in [-0.15, -0.1) is 0 Å². The second kappa shape index (κ2) is 10.8. The molecule has 7 nitrogen and oxygen atoms in total. The number of para-hydroxylation sites is 1. The van der Waals surface area contributed by atoms with Gasteiger partial charge >= 0.3 is 6.03 Å². The Morgan fingerprint density at radius 3 is 2.52 bits per heavy atom. The maximum Gasteiger partial charge on any atom is 0.321 e. The number of nitrogens with zero attached hydrogens (tertiary/aromatic N) is 2. The molecule has 3 amide bonds. The Morgan fingerprint density at radius 1 is 1.06 bits per heavy atom. The highest BCUT2D eigenvalue weighted by Gasteiger charge is 2.15. The molecule has 162 valence electrons. The van der Waals surface area contributed by atoms with Crippen molar-refractivity contribution in [1.29, 1.82) is 0 Å². The zero-order valence-corrected chi connectivity index (χ0v) is 18.5. The van der Waals surface area contributed by atoms with E-state index in [0.29, 0.717) is 28.3 Å². The quantitative estimate of drug-likeness (QED) is 0.414. The van der Waals surface area contributed by atoms with Crippen LogP contribution in [0, 0.1) is 0 Å². The van der Waals surface area contributed by atoms with E-state index in [1.165, 1.54) is 10.1 Å². The number of benzene rings is 2. The average molecular weight is 439 g/mol. The Hall–Kier alpha value is -3.13. The van der Waals surface area contributed by atoms with E-state index in [0.717, 1.165) is 31.0 Å². The van der Waals surface area contributed by atoms with Gasteiger partial charge in [0.1, 0.15) is 0 Å². The van der Waals surface area contributed by atoms with Crippen molar-refractivity contribution in [2.75, 3.05) is 12.3 Å². The fourth-order valence-corrected chi connectivity index (χ4v) is 3.94. The Balaban J connectivity index is 1.93. The predicted octanol–water partition coefficient (Wildman–Crippen LogP) is 3.67.